The van der Waals surface area contributed by atoms with Crippen LogP contribution in [0.4, 0.5) is 0 Å². The molecule has 0 aliphatic heterocycles. The molecule has 4 heteroatoms. The van der Waals surface area contributed by atoms with Crippen molar-refractivity contribution in [3.63, 3.8) is 0 Å². The van der Waals surface area contributed by atoms with Crippen LogP contribution in [0.5, 0.6) is 0 Å². The molecule has 2 bridgehead atoms. The Morgan fingerprint density at radius 3 is 2.75 bits per heavy atom. The SMILES string of the molecule is OCC12CC(c3n[c]on3)(C1)C2. The smallest absolute Gasteiger partial charge is 0.316 e. The summed E-state index contributed by atoms with van der Waals surface area (Å²) < 4.78 is 4.58. The number of aromatic nitrogens is 2. The summed E-state index contributed by atoms with van der Waals surface area (Å²) >= 11 is 0. The lowest BCUT2D eigenvalue weighted by Crippen LogP contribution is -2.66. The molecule has 3 aliphatic carbocycles. The maximum absolute atomic E-state index is 9.02. The van der Waals surface area contributed by atoms with Gasteiger partial charge in [-0.3, -0.25) is 0 Å². The van der Waals surface area contributed by atoms with E-state index in [4.69, 9.17) is 5.11 Å². The fourth-order valence-corrected chi connectivity index (χ4v) is 2.77. The van der Waals surface area contributed by atoms with Gasteiger partial charge >= 0.3 is 6.39 Å². The molecule has 3 aliphatic rings. The molecule has 0 saturated heterocycles. The predicted molar refractivity (Wildman–Crippen MR) is 38.2 cm³/mol. The van der Waals surface area contributed by atoms with E-state index in [-0.39, 0.29) is 10.8 Å². The van der Waals surface area contributed by atoms with Crippen LogP contribution in [-0.2, 0) is 5.41 Å². The van der Waals surface area contributed by atoms with Crippen molar-refractivity contribution in [2.75, 3.05) is 6.61 Å². The normalized spacial score (nSPS) is 43.4. The molecule has 1 aromatic heterocycles. The van der Waals surface area contributed by atoms with Crippen LogP contribution >= 0.6 is 0 Å². The maximum Gasteiger partial charge on any atom is 0.316 e. The Morgan fingerprint density at radius 1 is 1.50 bits per heavy atom. The lowest BCUT2D eigenvalue weighted by Gasteiger charge is -2.68. The Hall–Kier alpha value is -0.900. The van der Waals surface area contributed by atoms with Gasteiger partial charge in [0.15, 0.2) is 5.82 Å². The van der Waals surface area contributed by atoms with E-state index in [0.29, 0.717) is 6.61 Å². The molecule has 1 N–H and O–H groups in total. The standard InChI is InChI=1S/C8H9N2O2/c11-4-7-1-8(2-7,3-7)6-9-5-12-10-6/h11H,1-4H2. The highest BCUT2D eigenvalue weighted by molar-refractivity contribution is 5.29. The minimum atomic E-state index is 0.145. The van der Waals surface area contributed by atoms with Crippen LogP contribution in [0.15, 0.2) is 4.52 Å². The molecule has 0 aromatic carbocycles. The maximum atomic E-state index is 9.02. The molecule has 12 heavy (non-hydrogen) atoms. The van der Waals surface area contributed by atoms with Crippen LogP contribution in [0.1, 0.15) is 25.1 Å². The van der Waals surface area contributed by atoms with Gasteiger partial charge in [-0.25, -0.2) is 0 Å². The largest absolute Gasteiger partial charge is 0.396 e. The Morgan fingerprint density at radius 2 is 2.25 bits per heavy atom. The van der Waals surface area contributed by atoms with Crippen LogP contribution in [0.2, 0.25) is 0 Å². The molecule has 0 spiro atoms. The van der Waals surface area contributed by atoms with Gasteiger partial charge in [-0.05, 0) is 24.7 Å². The zero-order valence-corrected chi connectivity index (χ0v) is 6.58. The summed E-state index contributed by atoms with van der Waals surface area (Å²) in [5.41, 5.74) is 0.354. The number of aliphatic hydroxyl groups excluding tert-OH is 1. The summed E-state index contributed by atoms with van der Waals surface area (Å²) in [6.45, 7) is 0.302. The Bertz CT molecular complexity index is 287. The summed E-state index contributed by atoms with van der Waals surface area (Å²) in [5, 5.41) is 12.8. The van der Waals surface area contributed by atoms with Gasteiger partial charge in [0.25, 0.3) is 0 Å². The molecule has 4 nitrogen and oxygen atoms in total. The zero-order valence-electron chi connectivity index (χ0n) is 6.58. The third kappa shape index (κ3) is 0.545. The molecule has 63 valence electrons. The van der Waals surface area contributed by atoms with Crippen molar-refractivity contribution in [1.29, 1.82) is 0 Å². The van der Waals surface area contributed by atoms with Crippen molar-refractivity contribution in [3.05, 3.63) is 12.2 Å². The van der Waals surface area contributed by atoms with E-state index in [2.05, 4.69) is 21.1 Å². The van der Waals surface area contributed by atoms with E-state index < -0.39 is 0 Å². The summed E-state index contributed by atoms with van der Waals surface area (Å²) in [5.74, 6) is 0.776. The first-order valence-corrected chi connectivity index (χ1v) is 4.10. The molecule has 1 aromatic rings. The molecule has 0 unspecified atom stereocenters. The number of hydrogen-bond donors (Lipinski definition) is 1. The minimum Gasteiger partial charge on any atom is -0.396 e. The summed E-state index contributed by atoms with van der Waals surface area (Å²) in [4.78, 5) is 3.93. The Balaban J connectivity index is 1.84. The molecule has 4 rings (SSSR count). The molecule has 1 heterocycles. The second-order valence-corrected chi connectivity index (χ2v) is 4.18. The summed E-state index contributed by atoms with van der Waals surface area (Å²) in [7, 11) is 0. The average Bonchev–Trinajstić information content (AvgIpc) is 2.35. The highest BCUT2D eigenvalue weighted by atomic mass is 16.5. The minimum absolute atomic E-state index is 0.145. The van der Waals surface area contributed by atoms with Crippen LogP contribution in [0, 0.1) is 11.8 Å². The van der Waals surface area contributed by atoms with Crippen molar-refractivity contribution in [1.82, 2.24) is 10.1 Å². The van der Waals surface area contributed by atoms with Gasteiger partial charge in [0.2, 0.25) is 0 Å². The molecular weight excluding hydrogens is 156 g/mol. The third-order valence-electron chi connectivity index (χ3n) is 3.27. The van der Waals surface area contributed by atoms with E-state index in [1.54, 1.807) is 0 Å². The third-order valence-corrected chi connectivity index (χ3v) is 3.27. The average molecular weight is 165 g/mol. The highest BCUT2D eigenvalue weighted by Crippen LogP contribution is 2.72. The van der Waals surface area contributed by atoms with Gasteiger partial charge in [0.1, 0.15) is 0 Å². The van der Waals surface area contributed by atoms with Gasteiger partial charge in [-0.2, -0.15) is 4.98 Å². The lowest BCUT2D eigenvalue weighted by molar-refractivity contribution is -0.172. The first-order valence-electron chi connectivity index (χ1n) is 4.10. The van der Waals surface area contributed by atoms with Crippen LogP contribution in [0.3, 0.4) is 0 Å². The van der Waals surface area contributed by atoms with Gasteiger partial charge in [0.05, 0.1) is 0 Å². The fraction of sp³-hybridized carbons (Fsp3) is 0.750. The molecular formula is C8H9N2O2. The number of hydrogen-bond acceptors (Lipinski definition) is 4. The van der Waals surface area contributed by atoms with Crippen LogP contribution in [0.25, 0.3) is 0 Å². The van der Waals surface area contributed by atoms with E-state index >= 15 is 0 Å². The van der Waals surface area contributed by atoms with Crippen molar-refractivity contribution in [2.45, 2.75) is 24.7 Å². The van der Waals surface area contributed by atoms with Crippen LogP contribution < -0.4 is 0 Å². The van der Waals surface area contributed by atoms with Gasteiger partial charge in [0, 0.05) is 12.0 Å². The van der Waals surface area contributed by atoms with Crippen molar-refractivity contribution >= 4 is 0 Å². The van der Waals surface area contributed by atoms with Crippen molar-refractivity contribution in [2.24, 2.45) is 5.41 Å². The van der Waals surface area contributed by atoms with E-state index in [1.165, 1.54) is 0 Å². The van der Waals surface area contributed by atoms with Gasteiger partial charge in [-0.15, -0.1) is 0 Å². The first-order chi connectivity index (χ1) is 5.79. The molecule has 3 fully saturated rings. The molecule has 1 radical (unpaired) electrons. The molecule has 0 atom stereocenters. The summed E-state index contributed by atoms with van der Waals surface area (Å²) in [6, 6.07) is 0. The van der Waals surface area contributed by atoms with Gasteiger partial charge in [-0.1, -0.05) is 5.16 Å². The highest BCUT2D eigenvalue weighted by Gasteiger charge is 2.70. The van der Waals surface area contributed by atoms with Crippen molar-refractivity contribution < 1.29 is 9.63 Å². The van der Waals surface area contributed by atoms with E-state index in [0.717, 1.165) is 25.1 Å². The number of rotatable bonds is 2. The fourth-order valence-electron chi connectivity index (χ4n) is 2.77. The second kappa shape index (κ2) is 1.71. The summed E-state index contributed by atoms with van der Waals surface area (Å²) in [6.07, 6.45) is 5.41. The molecule has 3 saturated carbocycles. The quantitative estimate of drug-likeness (QED) is 0.684. The Kier molecular flexibility index (Phi) is 0.942. The zero-order chi connectivity index (χ0) is 8.23. The second-order valence-electron chi connectivity index (χ2n) is 4.18. The topological polar surface area (TPSA) is 59.2 Å². The monoisotopic (exact) mass is 165 g/mol. The van der Waals surface area contributed by atoms with Crippen LogP contribution in [-0.4, -0.2) is 21.9 Å². The predicted octanol–water partition coefficient (Wildman–Crippen LogP) is 0.284. The van der Waals surface area contributed by atoms with E-state index in [9.17, 15) is 0 Å². The van der Waals surface area contributed by atoms with Crippen molar-refractivity contribution in [3.8, 4) is 0 Å². The van der Waals surface area contributed by atoms with E-state index in [1.807, 2.05) is 0 Å². The molecule has 0 amide bonds. The first kappa shape index (κ1) is 6.60. The number of aliphatic hydroxyl groups is 1. The Labute approximate surface area is 69.6 Å². The lowest BCUT2D eigenvalue weighted by atomic mass is 9.35. The van der Waals surface area contributed by atoms with Gasteiger partial charge < -0.3 is 9.63 Å². The number of nitrogens with zero attached hydrogens (tertiary/aromatic N) is 2.